The number of hydrogen-bond acceptors (Lipinski definition) is 4. The number of carbonyl (C=O) groups is 1. The molecule has 0 fully saturated rings. The molecule has 0 unspecified atom stereocenters. The minimum Gasteiger partial charge on any atom is -0.496 e. The van der Waals surface area contributed by atoms with Gasteiger partial charge in [0, 0.05) is 12.6 Å². The lowest BCUT2D eigenvalue weighted by molar-refractivity contribution is 0.0942. The summed E-state index contributed by atoms with van der Waals surface area (Å²) in [5.41, 5.74) is 3.18. The van der Waals surface area contributed by atoms with Gasteiger partial charge in [-0.05, 0) is 37.3 Å². The van der Waals surface area contributed by atoms with Crippen LogP contribution >= 0.6 is 0 Å². The minimum absolute atomic E-state index is 0.250. The number of amides is 1. The van der Waals surface area contributed by atoms with Crippen LogP contribution in [0, 0.1) is 6.92 Å². The number of rotatable bonds is 5. The molecule has 2 aromatic heterocycles. The fraction of sp³-hybridized carbons (Fsp3) is 0.222. The number of methoxy groups -OCH3 is 1. The molecule has 0 radical (unpaired) electrons. The molecular formula is C18H19N3O3. The third-order valence-electron chi connectivity index (χ3n) is 3.75. The molecule has 2 heterocycles. The summed E-state index contributed by atoms with van der Waals surface area (Å²) in [5.74, 6) is 1.19. The van der Waals surface area contributed by atoms with Crippen molar-refractivity contribution in [2.45, 2.75) is 13.5 Å². The van der Waals surface area contributed by atoms with Crippen LogP contribution < -0.4 is 10.1 Å². The van der Waals surface area contributed by atoms with Crippen molar-refractivity contribution in [1.82, 2.24) is 15.1 Å². The Kier molecular flexibility index (Phi) is 4.37. The lowest BCUT2D eigenvalue weighted by Crippen LogP contribution is -2.23. The second kappa shape index (κ2) is 6.62. The highest BCUT2D eigenvalue weighted by Crippen LogP contribution is 2.31. The van der Waals surface area contributed by atoms with E-state index >= 15 is 0 Å². The standard InChI is InChI=1S/C18H19N3O3/c1-12-6-7-17(23-3)14(9-12)16-10-15(20-21(16)2)18(22)19-11-13-5-4-8-24-13/h4-10H,11H2,1-3H3,(H,19,22). The van der Waals surface area contributed by atoms with Crippen molar-refractivity contribution in [1.29, 1.82) is 0 Å². The summed E-state index contributed by atoms with van der Waals surface area (Å²) in [4.78, 5) is 12.3. The van der Waals surface area contributed by atoms with Gasteiger partial charge in [-0.15, -0.1) is 0 Å². The molecule has 0 aliphatic rings. The number of furan rings is 1. The van der Waals surface area contributed by atoms with Crippen LogP contribution in [0.4, 0.5) is 0 Å². The molecule has 124 valence electrons. The van der Waals surface area contributed by atoms with Gasteiger partial charge in [-0.1, -0.05) is 11.6 Å². The van der Waals surface area contributed by atoms with E-state index < -0.39 is 0 Å². The van der Waals surface area contributed by atoms with Crippen LogP contribution in [-0.2, 0) is 13.6 Å². The monoisotopic (exact) mass is 325 g/mol. The summed E-state index contributed by atoms with van der Waals surface area (Å²) < 4.78 is 12.3. The molecule has 0 atom stereocenters. The Hall–Kier alpha value is -3.02. The Balaban J connectivity index is 1.85. The fourth-order valence-corrected chi connectivity index (χ4v) is 2.52. The van der Waals surface area contributed by atoms with Crippen molar-refractivity contribution < 1.29 is 13.9 Å². The van der Waals surface area contributed by atoms with Gasteiger partial charge in [0.15, 0.2) is 5.69 Å². The van der Waals surface area contributed by atoms with Crippen LogP contribution in [0.25, 0.3) is 11.3 Å². The maximum atomic E-state index is 12.3. The molecule has 6 nitrogen and oxygen atoms in total. The fourth-order valence-electron chi connectivity index (χ4n) is 2.52. The molecule has 0 bridgehead atoms. The lowest BCUT2D eigenvalue weighted by Gasteiger charge is -2.09. The molecule has 0 saturated heterocycles. The van der Waals surface area contributed by atoms with Gasteiger partial charge in [-0.3, -0.25) is 9.48 Å². The van der Waals surface area contributed by atoms with Gasteiger partial charge in [0.25, 0.3) is 5.91 Å². The van der Waals surface area contributed by atoms with E-state index in [0.29, 0.717) is 18.0 Å². The van der Waals surface area contributed by atoms with Crippen LogP contribution in [0.2, 0.25) is 0 Å². The van der Waals surface area contributed by atoms with Crippen LogP contribution in [0.5, 0.6) is 5.75 Å². The molecule has 1 aromatic carbocycles. The Morgan fingerprint density at radius 1 is 1.33 bits per heavy atom. The summed E-state index contributed by atoms with van der Waals surface area (Å²) >= 11 is 0. The molecule has 24 heavy (non-hydrogen) atoms. The van der Waals surface area contributed by atoms with E-state index in [2.05, 4.69) is 10.4 Å². The number of aromatic nitrogens is 2. The zero-order chi connectivity index (χ0) is 17.1. The molecule has 1 N–H and O–H groups in total. The number of nitrogens with one attached hydrogen (secondary N) is 1. The second-order valence-corrected chi connectivity index (χ2v) is 5.50. The van der Waals surface area contributed by atoms with Gasteiger partial charge in [0.1, 0.15) is 11.5 Å². The van der Waals surface area contributed by atoms with E-state index in [9.17, 15) is 4.79 Å². The van der Waals surface area contributed by atoms with E-state index in [0.717, 1.165) is 22.6 Å². The molecule has 1 amide bonds. The number of nitrogens with zero attached hydrogens (tertiary/aromatic N) is 2. The lowest BCUT2D eigenvalue weighted by atomic mass is 10.1. The first-order chi connectivity index (χ1) is 11.6. The Morgan fingerprint density at radius 3 is 2.88 bits per heavy atom. The quantitative estimate of drug-likeness (QED) is 0.783. The largest absolute Gasteiger partial charge is 0.496 e. The van der Waals surface area contributed by atoms with Gasteiger partial charge < -0.3 is 14.5 Å². The van der Waals surface area contributed by atoms with Crippen molar-refractivity contribution >= 4 is 5.91 Å². The molecule has 0 aliphatic carbocycles. The molecule has 6 heteroatoms. The number of benzene rings is 1. The van der Waals surface area contributed by atoms with Crippen molar-refractivity contribution in [2.24, 2.45) is 7.05 Å². The zero-order valence-electron chi connectivity index (χ0n) is 13.9. The first kappa shape index (κ1) is 15.9. The highest BCUT2D eigenvalue weighted by Gasteiger charge is 2.16. The number of ether oxygens (including phenoxy) is 1. The predicted octanol–water partition coefficient (Wildman–Crippen LogP) is 2.93. The van der Waals surface area contributed by atoms with Crippen molar-refractivity contribution in [2.75, 3.05) is 7.11 Å². The first-order valence-corrected chi connectivity index (χ1v) is 7.58. The van der Waals surface area contributed by atoms with E-state index in [1.807, 2.05) is 31.2 Å². The summed E-state index contributed by atoms with van der Waals surface area (Å²) in [6.45, 7) is 2.34. The number of hydrogen-bond donors (Lipinski definition) is 1. The van der Waals surface area contributed by atoms with Gasteiger partial charge in [-0.25, -0.2) is 0 Å². The Morgan fingerprint density at radius 2 is 2.17 bits per heavy atom. The zero-order valence-corrected chi connectivity index (χ0v) is 13.9. The predicted molar refractivity (Wildman–Crippen MR) is 89.8 cm³/mol. The maximum absolute atomic E-state index is 12.3. The van der Waals surface area contributed by atoms with Gasteiger partial charge in [-0.2, -0.15) is 5.10 Å². The average molecular weight is 325 g/mol. The first-order valence-electron chi connectivity index (χ1n) is 7.58. The number of carbonyl (C=O) groups excluding carboxylic acids is 1. The third-order valence-corrected chi connectivity index (χ3v) is 3.75. The summed E-state index contributed by atoms with van der Waals surface area (Å²) in [5, 5.41) is 7.10. The van der Waals surface area contributed by atoms with Crippen molar-refractivity contribution in [3.05, 3.63) is 59.7 Å². The highest BCUT2D eigenvalue weighted by molar-refractivity contribution is 5.93. The minimum atomic E-state index is -0.250. The van der Waals surface area contributed by atoms with Crippen LogP contribution in [-0.4, -0.2) is 22.8 Å². The van der Waals surface area contributed by atoms with E-state index in [-0.39, 0.29) is 5.91 Å². The van der Waals surface area contributed by atoms with Crippen molar-refractivity contribution in [3.8, 4) is 17.0 Å². The SMILES string of the molecule is COc1ccc(C)cc1-c1cc(C(=O)NCc2ccco2)nn1C. The van der Waals surface area contributed by atoms with Gasteiger partial charge >= 0.3 is 0 Å². The summed E-state index contributed by atoms with van der Waals surface area (Å²) in [6.07, 6.45) is 1.57. The highest BCUT2D eigenvalue weighted by atomic mass is 16.5. The normalized spacial score (nSPS) is 10.6. The maximum Gasteiger partial charge on any atom is 0.272 e. The van der Waals surface area contributed by atoms with Crippen LogP contribution in [0.15, 0.2) is 47.1 Å². The van der Waals surface area contributed by atoms with Gasteiger partial charge in [0.05, 0.1) is 25.6 Å². The molecule has 0 spiro atoms. The Bertz CT molecular complexity index is 851. The average Bonchev–Trinajstić information content (AvgIpc) is 3.22. The van der Waals surface area contributed by atoms with Gasteiger partial charge in [0.2, 0.25) is 0 Å². The van der Waals surface area contributed by atoms with E-state index in [4.69, 9.17) is 9.15 Å². The third kappa shape index (κ3) is 3.17. The van der Waals surface area contributed by atoms with Crippen LogP contribution in [0.3, 0.4) is 0 Å². The van der Waals surface area contributed by atoms with Crippen molar-refractivity contribution in [3.63, 3.8) is 0 Å². The summed E-state index contributed by atoms with van der Waals surface area (Å²) in [6, 6.07) is 11.3. The molecule has 3 rings (SSSR count). The molecular weight excluding hydrogens is 306 g/mol. The Labute approximate surface area is 140 Å². The van der Waals surface area contributed by atoms with E-state index in [1.165, 1.54) is 0 Å². The summed E-state index contributed by atoms with van der Waals surface area (Å²) in [7, 11) is 3.43. The number of aryl methyl sites for hydroxylation is 2. The second-order valence-electron chi connectivity index (χ2n) is 5.50. The molecule has 0 saturated carbocycles. The smallest absolute Gasteiger partial charge is 0.272 e. The van der Waals surface area contributed by atoms with Crippen LogP contribution in [0.1, 0.15) is 21.8 Å². The topological polar surface area (TPSA) is 69.3 Å². The molecule has 0 aliphatic heterocycles. The molecule has 3 aromatic rings. The van der Waals surface area contributed by atoms with E-state index in [1.54, 1.807) is 37.2 Å².